The van der Waals surface area contributed by atoms with Crippen molar-refractivity contribution in [3.63, 3.8) is 0 Å². The molecule has 2 aliphatic rings. The molecule has 0 atom stereocenters. The van der Waals surface area contributed by atoms with Gasteiger partial charge in [0.15, 0.2) is 11.6 Å². The SMILES string of the molecule is COc1ccc2c(c1)C(=O)CC1(CCN(c3ccc(-c4ccc(F)cc4)nn3)CC1)O2. The lowest BCUT2D eigenvalue weighted by Gasteiger charge is -2.44. The van der Waals surface area contributed by atoms with Crippen molar-refractivity contribution in [3.8, 4) is 22.8 Å². The molecule has 6 nitrogen and oxygen atoms in total. The number of nitrogens with zero attached hydrogens (tertiary/aromatic N) is 3. The van der Waals surface area contributed by atoms with Crippen molar-refractivity contribution in [3.05, 3.63) is 66.0 Å². The first kappa shape index (κ1) is 19.5. The van der Waals surface area contributed by atoms with Crippen LogP contribution in [-0.2, 0) is 0 Å². The largest absolute Gasteiger partial charge is 0.497 e. The Morgan fingerprint density at radius 1 is 1.03 bits per heavy atom. The second kappa shape index (κ2) is 7.65. The van der Waals surface area contributed by atoms with Gasteiger partial charge in [-0.2, -0.15) is 0 Å². The zero-order valence-electron chi connectivity index (χ0n) is 17.2. The lowest BCUT2D eigenvalue weighted by Crippen LogP contribution is -2.51. The predicted octanol–water partition coefficient (Wildman–Crippen LogP) is 4.30. The molecule has 0 bridgehead atoms. The molecule has 3 heterocycles. The maximum atomic E-state index is 13.1. The summed E-state index contributed by atoms with van der Waals surface area (Å²) in [6.45, 7) is 1.45. The summed E-state index contributed by atoms with van der Waals surface area (Å²) < 4.78 is 24.7. The van der Waals surface area contributed by atoms with Crippen LogP contribution in [0.25, 0.3) is 11.3 Å². The van der Waals surface area contributed by atoms with Crippen LogP contribution in [0, 0.1) is 5.82 Å². The zero-order valence-corrected chi connectivity index (χ0v) is 17.2. The van der Waals surface area contributed by atoms with Crippen LogP contribution in [0.5, 0.6) is 11.5 Å². The van der Waals surface area contributed by atoms with Crippen LogP contribution in [0.1, 0.15) is 29.6 Å². The summed E-state index contributed by atoms with van der Waals surface area (Å²) in [5.41, 5.74) is 1.64. The zero-order chi connectivity index (χ0) is 21.4. The third kappa shape index (κ3) is 3.71. The number of anilines is 1. The molecular weight excluding hydrogens is 397 g/mol. The van der Waals surface area contributed by atoms with E-state index in [9.17, 15) is 9.18 Å². The summed E-state index contributed by atoms with van der Waals surface area (Å²) in [6, 6.07) is 15.4. The van der Waals surface area contributed by atoms with Crippen LogP contribution in [0.15, 0.2) is 54.6 Å². The lowest BCUT2D eigenvalue weighted by molar-refractivity contribution is 0.0230. The Balaban J connectivity index is 1.28. The molecule has 0 aliphatic carbocycles. The van der Waals surface area contributed by atoms with Crippen molar-refractivity contribution in [2.24, 2.45) is 0 Å². The molecule has 5 rings (SSSR count). The van der Waals surface area contributed by atoms with E-state index in [0.29, 0.717) is 29.2 Å². The second-order valence-electron chi connectivity index (χ2n) is 8.02. The van der Waals surface area contributed by atoms with E-state index >= 15 is 0 Å². The fraction of sp³-hybridized carbons (Fsp3) is 0.292. The standard InChI is InChI=1S/C24H22FN3O3/c1-30-18-6-8-22-19(14-18)21(29)15-24(31-22)10-12-28(13-11-24)23-9-7-20(26-27-23)16-2-4-17(25)5-3-16/h2-9,14H,10-13,15H2,1H3. The van der Waals surface area contributed by atoms with E-state index in [-0.39, 0.29) is 11.6 Å². The summed E-state index contributed by atoms with van der Waals surface area (Å²) in [4.78, 5) is 14.9. The van der Waals surface area contributed by atoms with Gasteiger partial charge in [0.2, 0.25) is 0 Å². The molecule has 7 heteroatoms. The van der Waals surface area contributed by atoms with E-state index in [4.69, 9.17) is 9.47 Å². The number of piperidine rings is 1. The lowest BCUT2D eigenvalue weighted by atomic mass is 9.82. The fourth-order valence-corrected chi connectivity index (χ4v) is 4.29. The molecule has 1 fully saturated rings. The van der Waals surface area contributed by atoms with Crippen LogP contribution in [-0.4, -0.2) is 41.8 Å². The van der Waals surface area contributed by atoms with Crippen molar-refractivity contribution in [2.75, 3.05) is 25.1 Å². The highest BCUT2D eigenvalue weighted by molar-refractivity contribution is 6.00. The molecule has 0 N–H and O–H groups in total. The maximum absolute atomic E-state index is 13.1. The number of ketones is 1. The van der Waals surface area contributed by atoms with Gasteiger partial charge in [-0.25, -0.2) is 4.39 Å². The number of carbonyl (C=O) groups is 1. The summed E-state index contributed by atoms with van der Waals surface area (Å²) >= 11 is 0. The van der Waals surface area contributed by atoms with Crippen molar-refractivity contribution in [1.82, 2.24) is 10.2 Å². The first-order valence-electron chi connectivity index (χ1n) is 10.3. The maximum Gasteiger partial charge on any atom is 0.170 e. The summed E-state index contributed by atoms with van der Waals surface area (Å²) in [6.07, 6.45) is 1.83. The van der Waals surface area contributed by atoms with Gasteiger partial charge in [0, 0.05) is 31.5 Å². The van der Waals surface area contributed by atoms with Gasteiger partial charge in [-0.05, 0) is 54.6 Å². The van der Waals surface area contributed by atoms with E-state index in [1.54, 1.807) is 25.3 Å². The first-order valence-corrected chi connectivity index (χ1v) is 10.3. The number of carbonyl (C=O) groups excluding carboxylic acids is 1. The molecule has 158 valence electrons. The van der Waals surface area contributed by atoms with Crippen molar-refractivity contribution in [2.45, 2.75) is 24.9 Å². The number of halogens is 1. The fourth-order valence-electron chi connectivity index (χ4n) is 4.29. The first-order chi connectivity index (χ1) is 15.0. The number of Topliss-reactive ketones (excluding diaryl/α,β-unsaturated/α-hetero) is 1. The van der Waals surface area contributed by atoms with E-state index < -0.39 is 5.60 Å². The Kier molecular flexibility index (Phi) is 4.81. The quantitative estimate of drug-likeness (QED) is 0.631. The molecule has 0 saturated carbocycles. The van der Waals surface area contributed by atoms with Gasteiger partial charge < -0.3 is 14.4 Å². The second-order valence-corrected chi connectivity index (χ2v) is 8.02. The Morgan fingerprint density at radius 3 is 2.48 bits per heavy atom. The highest BCUT2D eigenvalue weighted by atomic mass is 19.1. The Bertz CT molecular complexity index is 1110. The molecule has 0 unspecified atom stereocenters. The molecule has 0 amide bonds. The summed E-state index contributed by atoms with van der Waals surface area (Å²) in [5.74, 6) is 1.89. The highest BCUT2D eigenvalue weighted by Gasteiger charge is 2.43. The topological polar surface area (TPSA) is 64.5 Å². The molecule has 2 aromatic carbocycles. The molecule has 1 spiro atoms. The number of hydrogen-bond donors (Lipinski definition) is 0. The average Bonchev–Trinajstić information content (AvgIpc) is 2.80. The number of benzene rings is 2. The number of ether oxygens (including phenoxy) is 2. The third-order valence-electron chi connectivity index (χ3n) is 6.09. The van der Waals surface area contributed by atoms with Gasteiger partial charge in [-0.3, -0.25) is 4.79 Å². The van der Waals surface area contributed by atoms with Crippen LogP contribution < -0.4 is 14.4 Å². The Morgan fingerprint density at radius 2 is 1.81 bits per heavy atom. The Labute approximate surface area is 179 Å². The number of rotatable bonds is 3. The normalized spacial score (nSPS) is 17.2. The van der Waals surface area contributed by atoms with E-state index in [2.05, 4.69) is 15.1 Å². The summed E-state index contributed by atoms with van der Waals surface area (Å²) in [7, 11) is 1.59. The number of hydrogen-bond acceptors (Lipinski definition) is 6. The summed E-state index contributed by atoms with van der Waals surface area (Å²) in [5, 5.41) is 8.67. The minimum absolute atomic E-state index is 0.0945. The van der Waals surface area contributed by atoms with Gasteiger partial charge >= 0.3 is 0 Å². The minimum Gasteiger partial charge on any atom is -0.497 e. The molecule has 0 radical (unpaired) electrons. The molecule has 3 aromatic rings. The molecule has 31 heavy (non-hydrogen) atoms. The van der Waals surface area contributed by atoms with Crippen LogP contribution in [0.4, 0.5) is 10.2 Å². The van der Waals surface area contributed by atoms with Crippen LogP contribution >= 0.6 is 0 Å². The smallest absolute Gasteiger partial charge is 0.170 e. The highest BCUT2D eigenvalue weighted by Crippen LogP contribution is 2.41. The van der Waals surface area contributed by atoms with Gasteiger partial charge in [0.05, 0.1) is 24.8 Å². The predicted molar refractivity (Wildman–Crippen MR) is 114 cm³/mol. The van der Waals surface area contributed by atoms with Crippen molar-refractivity contribution >= 4 is 11.6 Å². The molecule has 2 aliphatic heterocycles. The van der Waals surface area contributed by atoms with Crippen LogP contribution in [0.3, 0.4) is 0 Å². The van der Waals surface area contributed by atoms with Crippen molar-refractivity contribution < 1.29 is 18.7 Å². The van der Waals surface area contributed by atoms with Gasteiger partial charge in [-0.15, -0.1) is 10.2 Å². The van der Waals surface area contributed by atoms with E-state index in [1.807, 2.05) is 24.3 Å². The molecular formula is C24H22FN3O3. The Hall–Kier alpha value is -3.48. The van der Waals surface area contributed by atoms with Gasteiger partial charge in [0.1, 0.15) is 22.9 Å². The minimum atomic E-state index is -0.476. The van der Waals surface area contributed by atoms with Crippen LogP contribution in [0.2, 0.25) is 0 Å². The third-order valence-corrected chi connectivity index (χ3v) is 6.09. The molecule has 1 saturated heterocycles. The number of methoxy groups -OCH3 is 1. The van der Waals surface area contributed by atoms with E-state index in [0.717, 1.165) is 37.3 Å². The van der Waals surface area contributed by atoms with Gasteiger partial charge in [-0.1, -0.05) is 0 Å². The van der Waals surface area contributed by atoms with Gasteiger partial charge in [0.25, 0.3) is 0 Å². The van der Waals surface area contributed by atoms with Crippen molar-refractivity contribution in [1.29, 1.82) is 0 Å². The molecule has 1 aromatic heterocycles. The average molecular weight is 419 g/mol. The number of fused-ring (bicyclic) bond motifs is 1. The van der Waals surface area contributed by atoms with E-state index in [1.165, 1.54) is 12.1 Å². The number of aromatic nitrogens is 2. The monoisotopic (exact) mass is 419 g/mol.